The number of nitrogens with one attached hydrogen (secondary N) is 1. The minimum absolute atomic E-state index is 0.0447. The van der Waals surface area contributed by atoms with E-state index in [1.807, 2.05) is 0 Å². The first-order valence-corrected chi connectivity index (χ1v) is 12.5. The van der Waals surface area contributed by atoms with Crippen molar-refractivity contribution in [1.82, 2.24) is 4.31 Å². The van der Waals surface area contributed by atoms with E-state index in [-0.39, 0.29) is 58.4 Å². The summed E-state index contributed by atoms with van der Waals surface area (Å²) in [6.45, 7) is 1.82. The number of amides is 1. The van der Waals surface area contributed by atoms with Gasteiger partial charge in [-0.25, -0.2) is 13.2 Å². The number of rotatable bonds is 8. The first-order chi connectivity index (χ1) is 16.5. The fourth-order valence-corrected chi connectivity index (χ4v) is 5.63. The van der Waals surface area contributed by atoms with Crippen LogP contribution in [0.4, 0.5) is 11.4 Å². The molecule has 35 heavy (non-hydrogen) atoms. The number of aryl methyl sites for hydroxylation is 1. The molecular formula is C21H22BrN3O9S. The summed E-state index contributed by atoms with van der Waals surface area (Å²) in [5.41, 5.74) is 0.340. The van der Waals surface area contributed by atoms with Gasteiger partial charge in [0.15, 0.2) is 12.4 Å². The maximum absolute atomic E-state index is 13.0. The number of methoxy groups -OCH3 is 1. The van der Waals surface area contributed by atoms with E-state index in [1.54, 1.807) is 6.92 Å². The lowest BCUT2D eigenvalue weighted by Crippen LogP contribution is -2.40. The van der Waals surface area contributed by atoms with E-state index in [4.69, 9.17) is 14.2 Å². The summed E-state index contributed by atoms with van der Waals surface area (Å²) in [5, 5.41) is 13.6. The summed E-state index contributed by atoms with van der Waals surface area (Å²) in [5.74, 6) is -1.64. The second-order valence-corrected chi connectivity index (χ2v) is 10.1. The first-order valence-electron chi connectivity index (χ1n) is 10.2. The number of halogens is 1. The van der Waals surface area contributed by atoms with E-state index >= 15 is 0 Å². The molecule has 0 radical (unpaired) electrons. The Morgan fingerprint density at radius 1 is 1.23 bits per heavy atom. The van der Waals surface area contributed by atoms with Gasteiger partial charge in [-0.1, -0.05) is 0 Å². The summed E-state index contributed by atoms with van der Waals surface area (Å²) in [7, 11) is -2.62. The fraction of sp³-hybridized carbons (Fsp3) is 0.333. The van der Waals surface area contributed by atoms with Crippen LogP contribution in [0.5, 0.6) is 5.75 Å². The Morgan fingerprint density at radius 3 is 2.54 bits per heavy atom. The molecule has 0 aliphatic carbocycles. The number of ether oxygens (including phenoxy) is 3. The fourth-order valence-electron chi connectivity index (χ4n) is 3.27. The molecule has 0 aromatic heterocycles. The lowest BCUT2D eigenvalue weighted by molar-refractivity contribution is -0.385. The highest BCUT2D eigenvalue weighted by Gasteiger charge is 2.29. The van der Waals surface area contributed by atoms with Gasteiger partial charge in [0.05, 0.1) is 35.7 Å². The van der Waals surface area contributed by atoms with Crippen LogP contribution in [0, 0.1) is 17.0 Å². The van der Waals surface area contributed by atoms with Crippen molar-refractivity contribution in [1.29, 1.82) is 0 Å². The van der Waals surface area contributed by atoms with Crippen LogP contribution < -0.4 is 10.1 Å². The average Bonchev–Trinajstić information content (AvgIpc) is 2.84. The molecule has 1 aliphatic rings. The number of esters is 1. The predicted molar refractivity (Wildman–Crippen MR) is 127 cm³/mol. The Morgan fingerprint density at radius 2 is 1.91 bits per heavy atom. The van der Waals surface area contributed by atoms with Gasteiger partial charge in [0.25, 0.3) is 5.91 Å². The summed E-state index contributed by atoms with van der Waals surface area (Å²) in [4.78, 5) is 35.2. The highest BCUT2D eigenvalue weighted by molar-refractivity contribution is 9.10. The average molecular weight is 572 g/mol. The van der Waals surface area contributed by atoms with Crippen molar-refractivity contribution in [3.8, 4) is 5.75 Å². The lowest BCUT2D eigenvalue weighted by Gasteiger charge is -2.26. The van der Waals surface area contributed by atoms with Crippen LogP contribution in [0.2, 0.25) is 0 Å². The summed E-state index contributed by atoms with van der Waals surface area (Å²) in [6, 6.07) is 6.51. The van der Waals surface area contributed by atoms with Gasteiger partial charge in [0.2, 0.25) is 10.0 Å². The molecule has 2 aromatic rings. The molecule has 1 saturated heterocycles. The number of nitrogens with zero attached hydrogens (tertiary/aromatic N) is 2. The molecule has 0 atom stereocenters. The molecule has 14 heteroatoms. The lowest BCUT2D eigenvalue weighted by atomic mass is 10.1. The number of sulfonamides is 1. The predicted octanol–water partition coefficient (Wildman–Crippen LogP) is 2.49. The van der Waals surface area contributed by atoms with Crippen LogP contribution in [0.25, 0.3) is 0 Å². The van der Waals surface area contributed by atoms with E-state index in [2.05, 4.69) is 21.2 Å². The third-order valence-corrected chi connectivity index (χ3v) is 7.98. The molecular weight excluding hydrogens is 550 g/mol. The van der Waals surface area contributed by atoms with Crippen LogP contribution >= 0.6 is 15.9 Å². The minimum atomic E-state index is -3.88. The van der Waals surface area contributed by atoms with E-state index in [1.165, 1.54) is 41.7 Å². The smallest absolute Gasteiger partial charge is 0.338 e. The van der Waals surface area contributed by atoms with E-state index in [0.29, 0.717) is 5.56 Å². The highest BCUT2D eigenvalue weighted by Crippen LogP contribution is 2.33. The summed E-state index contributed by atoms with van der Waals surface area (Å²) < 4.78 is 42.7. The molecule has 0 unspecified atom stereocenters. The number of nitro groups is 1. The quantitative estimate of drug-likeness (QED) is 0.285. The number of nitro benzene ring substituents is 1. The van der Waals surface area contributed by atoms with Crippen molar-refractivity contribution in [3.05, 3.63) is 56.0 Å². The second-order valence-electron chi connectivity index (χ2n) is 7.38. The van der Waals surface area contributed by atoms with Crippen LogP contribution in [0.3, 0.4) is 0 Å². The van der Waals surface area contributed by atoms with Crippen LogP contribution in [-0.4, -0.2) is 69.5 Å². The van der Waals surface area contributed by atoms with Gasteiger partial charge in [0, 0.05) is 35.4 Å². The third kappa shape index (κ3) is 6.14. The molecule has 1 fully saturated rings. The van der Waals surface area contributed by atoms with Gasteiger partial charge in [-0.2, -0.15) is 4.31 Å². The molecule has 2 aromatic carbocycles. The Hall–Kier alpha value is -3.07. The summed E-state index contributed by atoms with van der Waals surface area (Å²) >= 11 is 3.21. The van der Waals surface area contributed by atoms with E-state index < -0.39 is 33.4 Å². The first kappa shape index (κ1) is 26.5. The van der Waals surface area contributed by atoms with Gasteiger partial charge >= 0.3 is 11.7 Å². The Bertz CT molecular complexity index is 1260. The second kappa shape index (κ2) is 11.1. The van der Waals surface area contributed by atoms with Crippen LogP contribution in [0.15, 0.2) is 39.7 Å². The third-order valence-electron chi connectivity index (χ3n) is 5.09. The van der Waals surface area contributed by atoms with Gasteiger partial charge in [0.1, 0.15) is 0 Å². The SMILES string of the molecule is COc1cc(NC(=O)COC(=O)c2ccc(Br)c(S(=O)(=O)N3CCOCC3)c2)c(C)cc1[N+](=O)[O-]. The zero-order valence-electron chi connectivity index (χ0n) is 18.8. The van der Waals surface area contributed by atoms with Gasteiger partial charge in [-0.05, 0) is 46.6 Å². The maximum Gasteiger partial charge on any atom is 0.338 e. The zero-order chi connectivity index (χ0) is 25.8. The van der Waals surface area contributed by atoms with Crippen molar-refractivity contribution >= 4 is 49.2 Å². The molecule has 1 N–H and O–H groups in total. The van der Waals surface area contributed by atoms with Crippen molar-refractivity contribution in [2.45, 2.75) is 11.8 Å². The Kier molecular flexibility index (Phi) is 8.43. The number of carbonyl (C=O) groups excluding carboxylic acids is 2. The van der Waals surface area contributed by atoms with Crippen molar-refractivity contribution in [2.75, 3.05) is 45.3 Å². The normalized spacial score (nSPS) is 14.3. The number of morpholine rings is 1. The summed E-state index contributed by atoms with van der Waals surface area (Å²) in [6.07, 6.45) is 0. The van der Waals surface area contributed by atoms with Gasteiger partial charge < -0.3 is 19.5 Å². The molecule has 0 spiro atoms. The number of carbonyl (C=O) groups is 2. The van der Waals surface area contributed by atoms with Crippen molar-refractivity contribution in [2.24, 2.45) is 0 Å². The van der Waals surface area contributed by atoms with E-state index in [9.17, 15) is 28.1 Å². The largest absolute Gasteiger partial charge is 0.490 e. The Balaban J connectivity index is 1.69. The standard InChI is InChI=1S/C21H22BrN3O9S/c1-13-9-17(25(28)29)18(32-2)11-16(13)23-20(26)12-34-21(27)14-3-4-15(22)19(10-14)35(30,31)24-5-7-33-8-6-24/h3-4,9-11H,5-8,12H2,1-2H3,(H,23,26). The van der Waals surface area contributed by atoms with Crippen LogP contribution in [-0.2, 0) is 24.3 Å². The maximum atomic E-state index is 13.0. The van der Waals surface area contributed by atoms with Crippen molar-refractivity contribution < 1.29 is 37.1 Å². The topological polar surface area (TPSA) is 154 Å². The van der Waals surface area contributed by atoms with E-state index in [0.717, 1.165) is 0 Å². The zero-order valence-corrected chi connectivity index (χ0v) is 21.2. The van der Waals surface area contributed by atoms with Gasteiger partial charge in [-0.15, -0.1) is 0 Å². The number of hydrogen-bond acceptors (Lipinski definition) is 9. The molecule has 188 valence electrons. The highest BCUT2D eigenvalue weighted by atomic mass is 79.9. The molecule has 1 aliphatic heterocycles. The Labute approximate surface area is 209 Å². The van der Waals surface area contributed by atoms with Crippen molar-refractivity contribution in [3.63, 3.8) is 0 Å². The molecule has 12 nitrogen and oxygen atoms in total. The molecule has 0 saturated carbocycles. The monoisotopic (exact) mass is 571 g/mol. The molecule has 0 bridgehead atoms. The number of hydrogen-bond donors (Lipinski definition) is 1. The minimum Gasteiger partial charge on any atom is -0.490 e. The molecule has 1 heterocycles. The molecule has 1 amide bonds. The van der Waals surface area contributed by atoms with Gasteiger partial charge in [-0.3, -0.25) is 14.9 Å². The molecule has 3 rings (SSSR count). The number of benzene rings is 2. The van der Waals surface area contributed by atoms with Crippen LogP contribution in [0.1, 0.15) is 15.9 Å². The number of anilines is 1.